The zero-order valence-electron chi connectivity index (χ0n) is 17.3. The molecule has 2 N–H and O–H groups in total. The minimum atomic E-state index is 0.465. The van der Waals surface area contributed by atoms with E-state index in [1.54, 1.807) is 0 Å². The second-order valence-electron chi connectivity index (χ2n) is 10.2. The molecule has 0 radical (unpaired) electrons. The molecule has 148 valence electrons. The first-order chi connectivity index (χ1) is 12.6. The van der Waals surface area contributed by atoms with Crippen LogP contribution in [0.15, 0.2) is 5.10 Å². The molecule has 4 rings (SSSR count). The van der Waals surface area contributed by atoms with Gasteiger partial charge < -0.3 is 10.6 Å². The number of rotatable bonds is 4. The summed E-state index contributed by atoms with van der Waals surface area (Å²) < 4.78 is 5.75. The van der Waals surface area contributed by atoms with E-state index in [0.717, 1.165) is 48.7 Å². The van der Waals surface area contributed by atoms with E-state index >= 15 is 0 Å². The zero-order chi connectivity index (χ0) is 18.3. The molecule has 0 heterocycles. The van der Waals surface area contributed by atoms with E-state index in [9.17, 15) is 0 Å². The van der Waals surface area contributed by atoms with Crippen LogP contribution in [0.2, 0.25) is 0 Å². The Balaban J connectivity index is 1.46. The molecule has 0 spiro atoms. The van der Waals surface area contributed by atoms with Crippen molar-refractivity contribution in [1.29, 1.82) is 0 Å². The summed E-state index contributed by atoms with van der Waals surface area (Å²) in [5.41, 5.74) is 1.67. The van der Waals surface area contributed by atoms with Crippen LogP contribution in [0.3, 0.4) is 0 Å². The number of fused-ring (bicyclic) bond motifs is 5. The number of nitrogens with two attached hydrogens (primary N) is 1. The predicted molar refractivity (Wildman–Crippen MR) is 108 cm³/mol. The SMILES string of the molecule is CCOCC1CCC2C(CCC3C2CCC2(C)C(/C(C)=N/N)CCC32)C1. The molecule has 4 saturated carbocycles. The standard InChI is InChI=1S/C23H40N2O/c1-4-26-14-16-5-7-18-17(13-16)6-8-20-19(18)11-12-23(3)21(15(2)25-24)9-10-22(20)23/h16-22H,4-14,24H2,1-3H3/b25-15+. The lowest BCUT2D eigenvalue weighted by molar-refractivity contribution is -0.0671. The average molecular weight is 361 g/mol. The Labute approximate surface area is 160 Å². The largest absolute Gasteiger partial charge is 0.381 e. The molecule has 3 heteroatoms. The molecule has 0 aromatic heterocycles. The summed E-state index contributed by atoms with van der Waals surface area (Å²) in [6.07, 6.45) is 12.9. The third-order valence-corrected chi connectivity index (χ3v) is 9.33. The van der Waals surface area contributed by atoms with Gasteiger partial charge in [-0.05, 0) is 113 Å². The highest BCUT2D eigenvalue weighted by Gasteiger charge is 2.57. The van der Waals surface area contributed by atoms with Crippen molar-refractivity contribution >= 4 is 5.71 Å². The average Bonchev–Trinajstić information content (AvgIpc) is 3.02. The van der Waals surface area contributed by atoms with Crippen molar-refractivity contribution in [2.24, 2.45) is 57.8 Å². The molecule has 0 aromatic carbocycles. The van der Waals surface area contributed by atoms with Gasteiger partial charge >= 0.3 is 0 Å². The monoisotopic (exact) mass is 360 g/mol. The fourth-order valence-electron chi connectivity index (χ4n) is 8.16. The van der Waals surface area contributed by atoms with Crippen LogP contribution in [0.5, 0.6) is 0 Å². The van der Waals surface area contributed by atoms with E-state index in [2.05, 4.69) is 25.9 Å². The van der Waals surface area contributed by atoms with E-state index in [1.165, 1.54) is 63.5 Å². The van der Waals surface area contributed by atoms with Crippen molar-refractivity contribution in [1.82, 2.24) is 0 Å². The van der Waals surface area contributed by atoms with E-state index in [4.69, 9.17) is 10.6 Å². The molecule has 4 fully saturated rings. The van der Waals surface area contributed by atoms with Gasteiger partial charge in [0.15, 0.2) is 0 Å². The van der Waals surface area contributed by atoms with Gasteiger partial charge in [0, 0.05) is 24.8 Å². The molecule has 0 saturated heterocycles. The van der Waals surface area contributed by atoms with E-state index in [0.29, 0.717) is 11.3 Å². The molecular weight excluding hydrogens is 320 g/mol. The lowest BCUT2D eigenvalue weighted by Crippen LogP contribution is -2.49. The molecule has 0 aliphatic heterocycles. The molecule has 4 aliphatic rings. The van der Waals surface area contributed by atoms with Crippen LogP contribution in [-0.2, 0) is 4.74 Å². The lowest BCUT2D eigenvalue weighted by atomic mass is 9.49. The van der Waals surface area contributed by atoms with Crippen LogP contribution < -0.4 is 5.84 Å². The minimum absolute atomic E-state index is 0.465. The number of ether oxygens (including phenoxy) is 1. The summed E-state index contributed by atoms with van der Waals surface area (Å²) >= 11 is 0. The van der Waals surface area contributed by atoms with Gasteiger partial charge in [-0.3, -0.25) is 0 Å². The maximum absolute atomic E-state index is 5.75. The molecule has 0 amide bonds. The molecule has 0 aromatic rings. The molecule has 3 nitrogen and oxygen atoms in total. The van der Waals surface area contributed by atoms with Crippen LogP contribution >= 0.6 is 0 Å². The highest BCUT2D eigenvalue weighted by molar-refractivity contribution is 5.85. The quantitative estimate of drug-likeness (QED) is 0.423. The zero-order valence-corrected chi connectivity index (χ0v) is 17.3. The van der Waals surface area contributed by atoms with Gasteiger partial charge in [-0.15, -0.1) is 0 Å². The van der Waals surface area contributed by atoms with Crippen LogP contribution in [0.25, 0.3) is 0 Å². The van der Waals surface area contributed by atoms with E-state index in [-0.39, 0.29) is 0 Å². The second-order valence-corrected chi connectivity index (χ2v) is 10.2. The Kier molecular flexibility index (Phi) is 5.38. The van der Waals surface area contributed by atoms with Crippen LogP contribution in [0.4, 0.5) is 0 Å². The van der Waals surface area contributed by atoms with E-state index in [1.807, 2.05) is 0 Å². The van der Waals surface area contributed by atoms with Gasteiger partial charge in [-0.1, -0.05) is 6.92 Å². The number of hydrazone groups is 1. The molecular formula is C23H40N2O. The third-order valence-electron chi connectivity index (χ3n) is 9.33. The fourth-order valence-corrected chi connectivity index (χ4v) is 8.16. The van der Waals surface area contributed by atoms with Crippen molar-refractivity contribution < 1.29 is 4.74 Å². The number of hydrogen-bond donors (Lipinski definition) is 1. The lowest BCUT2D eigenvalue weighted by Gasteiger charge is -2.56. The first-order valence-electron chi connectivity index (χ1n) is 11.4. The fraction of sp³-hybridized carbons (Fsp3) is 0.957. The summed E-state index contributed by atoms with van der Waals surface area (Å²) in [5, 5.41) is 4.11. The molecule has 4 aliphatic carbocycles. The van der Waals surface area contributed by atoms with Crippen molar-refractivity contribution in [2.45, 2.75) is 78.6 Å². The molecule has 0 bridgehead atoms. The van der Waals surface area contributed by atoms with Crippen molar-refractivity contribution in [3.8, 4) is 0 Å². The number of hydrogen-bond acceptors (Lipinski definition) is 3. The molecule has 26 heavy (non-hydrogen) atoms. The summed E-state index contributed by atoms with van der Waals surface area (Å²) in [5.74, 6) is 12.1. The first kappa shape index (κ1) is 18.8. The smallest absolute Gasteiger partial charge is 0.0494 e. The van der Waals surface area contributed by atoms with Crippen LogP contribution in [0, 0.1) is 46.8 Å². The summed E-state index contributed by atoms with van der Waals surface area (Å²) in [6, 6.07) is 0. The highest BCUT2D eigenvalue weighted by Crippen LogP contribution is 2.64. The third kappa shape index (κ3) is 3.02. The Morgan fingerprint density at radius 2 is 1.85 bits per heavy atom. The summed E-state index contributed by atoms with van der Waals surface area (Å²) in [4.78, 5) is 0. The molecule has 8 unspecified atom stereocenters. The Bertz CT molecular complexity index is 532. The predicted octanol–water partition coefficient (Wildman–Crippen LogP) is 5.24. The number of nitrogens with zero attached hydrogens (tertiary/aromatic N) is 1. The minimum Gasteiger partial charge on any atom is -0.381 e. The van der Waals surface area contributed by atoms with Gasteiger partial charge in [0.2, 0.25) is 0 Å². The Morgan fingerprint density at radius 3 is 2.62 bits per heavy atom. The van der Waals surface area contributed by atoms with Gasteiger partial charge in [0.1, 0.15) is 0 Å². The van der Waals surface area contributed by atoms with Crippen LogP contribution in [-0.4, -0.2) is 18.9 Å². The van der Waals surface area contributed by atoms with Gasteiger partial charge in [0.05, 0.1) is 0 Å². The van der Waals surface area contributed by atoms with Gasteiger partial charge in [-0.25, -0.2) is 0 Å². The van der Waals surface area contributed by atoms with Crippen molar-refractivity contribution in [3.63, 3.8) is 0 Å². The van der Waals surface area contributed by atoms with E-state index < -0.39 is 0 Å². The van der Waals surface area contributed by atoms with Gasteiger partial charge in [0.25, 0.3) is 0 Å². The Morgan fingerprint density at radius 1 is 1.04 bits per heavy atom. The first-order valence-corrected chi connectivity index (χ1v) is 11.4. The Hall–Kier alpha value is -0.570. The van der Waals surface area contributed by atoms with Crippen LogP contribution in [0.1, 0.15) is 78.6 Å². The normalized spacial score (nSPS) is 48.6. The van der Waals surface area contributed by atoms with Gasteiger partial charge in [-0.2, -0.15) is 5.10 Å². The van der Waals surface area contributed by atoms with Crippen molar-refractivity contribution in [3.05, 3.63) is 0 Å². The highest BCUT2D eigenvalue weighted by atomic mass is 16.5. The second kappa shape index (κ2) is 7.45. The topological polar surface area (TPSA) is 47.6 Å². The maximum Gasteiger partial charge on any atom is 0.0494 e. The van der Waals surface area contributed by atoms with Crippen molar-refractivity contribution in [2.75, 3.05) is 13.2 Å². The maximum atomic E-state index is 5.75. The summed E-state index contributed by atoms with van der Waals surface area (Å²) in [7, 11) is 0. The summed E-state index contributed by atoms with van der Waals surface area (Å²) in [6.45, 7) is 8.75. The molecule has 8 atom stereocenters.